The van der Waals surface area contributed by atoms with Gasteiger partial charge in [-0.1, -0.05) is 64.5 Å². The molecule has 0 spiro atoms. The average molecular weight is 1320 g/mol. The van der Waals surface area contributed by atoms with Crippen LogP contribution in [0.15, 0.2) is 146 Å². The van der Waals surface area contributed by atoms with E-state index in [0.29, 0.717) is 22.9 Å². The number of ether oxygens (including phenoxy) is 1. The maximum atomic E-state index is 6.01. The molecule has 0 aliphatic carbocycles. The van der Waals surface area contributed by atoms with Crippen molar-refractivity contribution in [2.75, 3.05) is 49.5 Å². The van der Waals surface area contributed by atoms with Crippen molar-refractivity contribution >= 4 is 51.4 Å². The van der Waals surface area contributed by atoms with Crippen LogP contribution in [0.2, 0.25) is 0 Å². The molecule has 0 amide bonds. The van der Waals surface area contributed by atoms with Gasteiger partial charge in [-0.3, -0.25) is 0 Å². The van der Waals surface area contributed by atoms with Crippen LogP contribution in [0.1, 0.15) is 65.5 Å². The fourth-order valence-electron chi connectivity index (χ4n) is 8.66. The first-order chi connectivity index (χ1) is 34.4. The molecule has 0 saturated carbocycles. The van der Waals surface area contributed by atoms with Crippen molar-refractivity contribution in [1.29, 1.82) is 0 Å². The third-order valence-electron chi connectivity index (χ3n) is 12.6. The molecule has 0 N–H and O–H groups in total. The Bertz CT molecular complexity index is 2970. The Labute approximate surface area is 459 Å². The summed E-state index contributed by atoms with van der Waals surface area (Å²) in [6, 6.07) is 57.2. The number of fused-ring (bicyclic) bond motifs is 3. The number of rotatable bonds is 11. The van der Waals surface area contributed by atoms with E-state index >= 15 is 0 Å². The van der Waals surface area contributed by atoms with Crippen LogP contribution in [0.5, 0.6) is 11.5 Å². The second-order valence-corrected chi connectivity index (χ2v) is 19.7. The summed E-state index contributed by atoms with van der Waals surface area (Å²) in [4.78, 5) is 31.1. The number of anilines is 9. The predicted molar refractivity (Wildman–Crippen MR) is 285 cm³/mol. The zero-order valence-electron chi connectivity index (χ0n) is 41.9. The van der Waals surface area contributed by atoms with Crippen molar-refractivity contribution in [2.45, 2.75) is 65.2 Å². The Balaban J connectivity index is 0.000000201. The molecule has 11 nitrogen and oxygen atoms in total. The van der Waals surface area contributed by atoms with Crippen molar-refractivity contribution in [3.63, 3.8) is 0 Å². The summed E-state index contributed by atoms with van der Waals surface area (Å²) in [5.41, 5.74) is 11.4. The Morgan fingerprint density at radius 1 is 0.493 bits per heavy atom. The van der Waals surface area contributed by atoms with Crippen LogP contribution >= 0.6 is 0 Å². The molecule has 4 aromatic carbocycles. The summed E-state index contributed by atoms with van der Waals surface area (Å²) in [6.45, 7) is 21.6. The Morgan fingerprint density at radius 2 is 1.04 bits per heavy atom. The van der Waals surface area contributed by atoms with Gasteiger partial charge in [0.15, 0.2) is 0 Å². The average Bonchev–Trinajstić information content (AvgIpc) is 4.07. The molecule has 3 aliphatic heterocycles. The first-order valence-corrected chi connectivity index (χ1v) is 24.0. The summed E-state index contributed by atoms with van der Waals surface area (Å²) in [5, 5.41) is 0. The molecule has 11 rings (SSSR count). The van der Waals surface area contributed by atoms with Gasteiger partial charge in [-0.2, -0.15) is 85.7 Å². The largest absolute Gasteiger partial charge is 0.510 e. The van der Waals surface area contributed by atoms with E-state index in [2.05, 4.69) is 185 Å². The predicted octanol–water partition coefficient (Wildman–Crippen LogP) is 13.3. The van der Waals surface area contributed by atoms with Gasteiger partial charge in [0.1, 0.15) is 11.6 Å². The molecule has 0 unspecified atom stereocenters. The third-order valence-corrected chi connectivity index (χ3v) is 12.6. The van der Waals surface area contributed by atoms with E-state index in [1.807, 2.05) is 74.6 Å². The molecule has 8 aromatic rings. The fraction of sp³-hybridized carbons (Fsp3) is 0.217. The van der Waals surface area contributed by atoms with Crippen molar-refractivity contribution in [2.24, 2.45) is 0 Å². The molecule has 4 aromatic heterocycles. The zero-order valence-corrected chi connectivity index (χ0v) is 46.6. The maximum absolute atomic E-state index is 6.01. The summed E-state index contributed by atoms with van der Waals surface area (Å²) >= 11 is 0. The Kier molecular flexibility index (Phi) is 16.4. The van der Waals surface area contributed by atoms with E-state index in [1.165, 1.54) is 11.1 Å². The minimum Gasteiger partial charge on any atom is -0.510 e. The van der Waals surface area contributed by atoms with E-state index < -0.39 is 0 Å². The molecule has 0 saturated heterocycles. The number of unbranched alkanes of at least 4 members (excludes halogenated alkanes) is 1. The number of benzene rings is 4. The SMILES string of the molecule is CC(C)(C)c1c[c-]c(N2[CH-]N(CCCCN3[CH-]N(c4[c-]cc(C(C)(C)C)cc4)c4ncccc43)c3cccnc32)cc1.CN1[CH-]N(c2[c-]c(Oc3[c-]c(-c4[c-]cccn4)ncc3)ccc2)c2ccccc21.[Ir].[Pt]. The van der Waals surface area contributed by atoms with Crippen molar-refractivity contribution in [1.82, 2.24) is 19.9 Å². The minimum absolute atomic E-state index is 0. The summed E-state index contributed by atoms with van der Waals surface area (Å²) < 4.78 is 6.01. The van der Waals surface area contributed by atoms with Crippen molar-refractivity contribution in [3.05, 3.63) is 208 Å². The Morgan fingerprint density at radius 3 is 1.59 bits per heavy atom. The van der Waals surface area contributed by atoms with Gasteiger partial charge in [0.2, 0.25) is 0 Å². The normalized spacial score (nSPS) is 13.6. The molecule has 73 heavy (non-hydrogen) atoms. The maximum Gasteiger partial charge on any atom is 0.124 e. The molecular formula is C60H56IrN10OPt-8. The zero-order chi connectivity index (χ0) is 49.1. The van der Waals surface area contributed by atoms with E-state index in [0.717, 1.165) is 77.4 Å². The van der Waals surface area contributed by atoms with Crippen LogP contribution in [0.25, 0.3) is 11.4 Å². The summed E-state index contributed by atoms with van der Waals surface area (Å²) in [6.07, 6.45) is 9.18. The number of pyridine rings is 4. The van der Waals surface area contributed by atoms with Gasteiger partial charge in [-0.15, -0.1) is 70.9 Å². The van der Waals surface area contributed by atoms with Gasteiger partial charge >= 0.3 is 0 Å². The van der Waals surface area contributed by atoms with E-state index in [9.17, 15) is 0 Å². The monoisotopic (exact) mass is 1320 g/mol. The van der Waals surface area contributed by atoms with Crippen molar-refractivity contribution in [3.8, 4) is 22.9 Å². The number of hydrogen-bond donors (Lipinski definition) is 0. The topological polar surface area (TPSA) is 80.2 Å². The van der Waals surface area contributed by atoms with Gasteiger partial charge in [0.05, 0.1) is 0 Å². The van der Waals surface area contributed by atoms with Gasteiger partial charge in [-0.25, -0.2) is 16.0 Å². The molecule has 3 aliphatic rings. The molecule has 379 valence electrons. The second-order valence-electron chi connectivity index (χ2n) is 19.7. The molecule has 0 bridgehead atoms. The quantitative estimate of drug-likeness (QED) is 0.0917. The molecule has 7 heterocycles. The van der Waals surface area contributed by atoms with E-state index in [1.54, 1.807) is 24.5 Å². The van der Waals surface area contributed by atoms with E-state index in [4.69, 9.17) is 14.7 Å². The number of para-hydroxylation sites is 2. The van der Waals surface area contributed by atoms with Crippen LogP contribution in [0.3, 0.4) is 0 Å². The first kappa shape index (κ1) is 52.7. The van der Waals surface area contributed by atoms with Crippen LogP contribution in [-0.2, 0) is 52.0 Å². The van der Waals surface area contributed by atoms with Crippen LogP contribution < -0.4 is 34.1 Å². The van der Waals surface area contributed by atoms with Gasteiger partial charge in [0.25, 0.3) is 0 Å². The van der Waals surface area contributed by atoms with Crippen LogP contribution in [0.4, 0.5) is 51.4 Å². The minimum atomic E-state index is 0. The number of hydrogen-bond acceptors (Lipinski definition) is 11. The fourth-order valence-corrected chi connectivity index (χ4v) is 8.66. The van der Waals surface area contributed by atoms with Crippen LogP contribution in [-0.4, -0.2) is 40.1 Å². The van der Waals surface area contributed by atoms with Gasteiger partial charge in [-0.05, 0) is 81.8 Å². The van der Waals surface area contributed by atoms with Gasteiger partial charge < -0.3 is 44.1 Å². The molecule has 0 atom stereocenters. The summed E-state index contributed by atoms with van der Waals surface area (Å²) in [5.74, 6) is 3.05. The summed E-state index contributed by atoms with van der Waals surface area (Å²) in [7, 11) is 2.03. The standard InChI is InChI=1S/C36H40N6.C24H16N4O.Ir.Pt/c1-35(2,3)27-13-17-29(18-14-27)41-25-39(31-11-9-21-37-33(31)41)23-7-8-24-40-26-42(34-32(40)12-10-22-38-34)30-19-15-28(16-20-30)36(4,5)6;1-27-17-28(24-11-3-2-10-23(24)27)18-7-6-8-19(15-18)29-20-12-14-26-22(16-20)21-9-4-5-13-25-21;;/h9-17,19,21-22,25-26H,7-8,23-24H2,1-6H3;2-8,10-14,17H,1H3;;/q2*-4;;. The second kappa shape index (κ2) is 22.7. The van der Waals surface area contributed by atoms with Crippen LogP contribution in [0, 0.1) is 50.3 Å². The molecule has 1 radical (unpaired) electrons. The number of nitrogens with zero attached hydrogens (tertiary/aromatic N) is 10. The molecular weight excluding hydrogens is 1260 g/mol. The molecule has 0 fully saturated rings. The van der Waals surface area contributed by atoms with E-state index in [-0.39, 0.29) is 52.0 Å². The van der Waals surface area contributed by atoms with Crippen molar-refractivity contribution < 1.29 is 45.9 Å². The molecule has 13 heteroatoms. The smallest absolute Gasteiger partial charge is 0.124 e. The first-order valence-electron chi connectivity index (χ1n) is 24.0. The third kappa shape index (κ3) is 11.8. The van der Waals surface area contributed by atoms with Gasteiger partial charge in [0, 0.05) is 87.8 Å². The Hall–Kier alpha value is -6.58. The number of aromatic nitrogens is 4.